The number of benzene rings is 1. The van der Waals surface area contributed by atoms with Gasteiger partial charge in [0.2, 0.25) is 5.91 Å². The highest BCUT2D eigenvalue weighted by Crippen LogP contribution is 2.33. The van der Waals surface area contributed by atoms with Gasteiger partial charge in [-0.3, -0.25) is 4.79 Å². The van der Waals surface area contributed by atoms with Crippen LogP contribution < -0.4 is 11.1 Å². The molecule has 0 radical (unpaired) electrons. The number of halogens is 3. The monoisotopic (exact) mass is 352 g/mol. The van der Waals surface area contributed by atoms with Crippen LogP contribution in [0.4, 0.5) is 5.69 Å². The number of nitrogens with one attached hydrogen (secondary N) is 1. The summed E-state index contributed by atoms with van der Waals surface area (Å²) in [5, 5.41) is 3.49. The number of carbonyl (C=O) groups excluding carboxylic acids is 1. The maximum absolute atomic E-state index is 11.8. The molecule has 1 aromatic rings. The van der Waals surface area contributed by atoms with Crippen LogP contribution in [0.1, 0.15) is 26.7 Å². The van der Waals surface area contributed by atoms with Crippen LogP contribution in [0.15, 0.2) is 16.6 Å². The third-order valence-corrected chi connectivity index (χ3v) is 3.32. The van der Waals surface area contributed by atoms with Gasteiger partial charge in [0, 0.05) is 16.4 Å². The first-order chi connectivity index (χ1) is 8.19. The summed E-state index contributed by atoms with van der Waals surface area (Å²) in [6.45, 7) is 3.75. The molecule has 0 saturated carbocycles. The maximum Gasteiger partial charge on any atom is 0.224 e. The molecule has 0 aromatic heterocycles. The molecule has 0 aliphatic heterocycles. The van der Waals surface area contributed by atoms with Crippen molar-refractivity contribution < 1.29 is 4.79 Å². The summed E-state index contributed by atoms with van der Waals surface area (Å²) in [5.41, 5.74) is 5.88. The van der Waals surface area contributed by atoms with Gasteiger partial charge in [-0.15, -0.1) is 0 Å². The Morgan fingerprint density at radius 2 is 1.89 bits per heavy atom. The van der Waals surface area contributed by atoms with Gasteiger partial charge in [0.05, 0.1) is 15.7 Å². The normalized spacial score (nSPS) is 11.4. The molecule has 100 valence electrons. The quantitative estimate of drug-likeness (QED) is 0.851. The number of hydrogen-bond acceptors (Lipinski definition) is 2. The first kappa shape index (κ1) is 15.8. The lowest BCUT2D eigenvalue weighted by atomic mass is 10.00. The fourth-order valence-electron chi connectivity index (χ4n) is 1.30. The molecule has 3 nitrogen and oxygen atoms in total. The van der Waals surface area contributed by atoms with Crippen LogP contribution in [-0.4, -0.2) is 11.4 Å². The molecule has 0 heterocycles. The molecule has 0 aliphatic carbocycles. The van der Waals surface area contributed by atoms with Crippen LogP contribution in [0.3, 0.4) is 0 Å². The second-order valence-corrected chi connectivity index (χ2v) is 6.51. The highest BCUT2D eigenvalue weighted by molar-refractivity contribution is 9.10. The Morgan fingerprint density at radius 3 is 2.33 bits per heavy atom. The molecule has 0 saturated heterocycles. The molecule has 18 heavy (non-hydrogen) atoms. The summed E-state index contributed by atoms with van der Waals surface area (Å²) >= 11 is 15.3. The summed E-state index contributed by atoms with van der Waals surface area (Å²) in [5.74, 6) is -0.153. The molecule has 0 spiro atoms. The van der Waals surface area contributed by atoms with E-state index in [-0.39, 0.29) is 11.4 Å². The van der Waals surface area contributed by atoms with Crippen molar-refractivity contribution in [2.75, 3.05) is 5.32 Å². The van der Waals surface area contributed by atoms with Gasteiger partial charge in [0.15, 0.2) is 0 Å². The molecule has 1 aromatic carbocycles. The van der Waals surface area contributed by atoms with E-state index in [1.807, 2.05) is 13.8 Å². The predicted molar refractivity (Wildman–Crippen MR) is 80.3 cm³/mol. The molecule has 3 N–H and O–H groups in total. The fourth-order valence-corrected chi connectivity index (χ4v) is 2.60. The summed E-state index contributed by atoms with van der Waals surface area (Å²) in [7, 11) is 0. The van der Waals surface area contributed by atoms with Crippen LogP contribution >= 0.6 is 39.1 Å². The van der Waals surface area contributed by atoms with Crippen molar-refractivity contribution in [2.24, 2.45) is 5.73 Å². The number of hydrogen-bond donors (Lipinski definition) is 2. The Kier molecular flexibility index (Phi) is 5.46. The second-order valence-electron chi connectivity index (χ2n) is 4.78. The molecular formula is C12H15BrCl2N2O. The van der Waals surface area contributed by atoms with Gasteiger partial charge in [-0.1, -0.05) is 39.1 Å². The smallest absolute Gasteiger partial charge is 0.224 e. The Labute approximate surface area is 125 Å². The first-order valence-corrected chi connectivity index (χ1v) is 6.97. The Balaban J connectivity index is 2.71. The molecule has 6 heteroatoms. The summed E-state index contributed by atoms with van der Waals surface area (Å²) < 4.78 is 0.763. The fraction of sp³-hybridized carbons (Fsp3) is 0.417. The van der Waals surface area contributed by atoms with Gasteiger partial charge < -0.3 is 11.1 Å². The topological polar surface area (TPSA) is 55.1 Å². The van der Waals surface area contributed by atoms with E-state index >= 15 is 0 Å². The van der Waals surface area contributed by atoms with E-state index in [0.717, 1.165) is 4.47 Å². The van der Waals surface area contributed by atoms with E-state index < -0.39 is 0 Å². The molecule has 0 unspecified atom stereocenters. The lowest BCUT2D eigenvalue weighted by Gasteiger charge is -2.18. The predicted octanol–water partition coefficient (Wildman–Crippen LogP) is 4.21. The van der Waals surface area contributed by atoms with E-state index in [4.69, 9.17) is 28.9 Å². The lowest BCUT2D eigenvalue weighted by molar-refractivity contribution is -0.116. The molecule has 0 fully saturated rings. The first-order valence-electron chi connectivity index (χ1n) is 5.42. The zero-order chi connectivity index (χ0) is 13.9. The highest BCUT2D eigenvalue weighted by Gasteiger charge is 2.15. The van der Waals surface area contributed by atoms with Crippen molar-refractivity contribution >= 4 is 50.7 Å². The summed E-state index contributed by atoms with van der Waals surface area (Å²) in [4.78, 5) is 11.8. The van der Waals surface area contributed by atoms with Crippen LogP contribution in [0, 0.1) is 0 Å². The van der Waals surface area contributed by atoms with Crippen molar-refractivity contribution in [1.29, 1.82) is 0 Å². The van der Waals surface area contributed by atoms with Crippen molar-refractivity contribution in [1.82, 2.24) is 0 Å². The van der Waals surface area contributed by atoms with Crippen LogP contribution in [-0.2, 0) is 4.79 Å². The average Bonchev–Trinajstić information content (AvgIpc) is 2.19. The third kappa shape index (κ3) is 5.14. The second kappa shape index (κ2) is 6.24. The minimum Gasteiger partial charge on any atom is -0.326 e. The zero-order valence-corrected chi connectivity index (χ0v) is 13.3. The van der Waals surface area contributed by atoms with Crippen molar-refractivity contribution in [3.8, 4) is 0 Å². The van der Waals surface area contributed by atoms with Crippen LogP contribution in [0.5, 0.6) is 0 Å². The Morgan fingerprint density at radius 1 is 1.39 bits per heavy atom. The van der Waals surface area contributed by atoms with E-state index in [9.17, 15) is 4.79 Å². The van der Waals surface area contributed by atoms with Gasteiger partial charge in [0.25, 0.3) is 0 Å². The van der Waals surface area contributed by atoms with Gasteiger partial charge in [-0.25, -0.2) is 0 Å². The largest absolute Gasteiger partial charge is 0.326 e. The Bertz CT molecular complexity index is 435. The van der Waals surface area contributed by atoms with E-state index in [0.29, 0.717) is 28.6 Å². The molecular weight excluding hydrogens is 339 g/mol. The van der Waals surface area contributed by atoms with E-state index in [1.54, 1.807) is 12.1 Å². The summed E-state index contributed by atoms with van der Waals surface area (Å²) in [6, 6.07) is 3.35. The third-order valence-electron chi connectivity index (χ3n) is 2.27. The molecule has 0 aliphatic rings. The zero-order valence-electron chi connectivity index (χ0n) is 10.2. The lowest BCUT2D eigenvalue weighted by Crippen LogP contribution is -2.33. The van der Waals surface area contributed by atoms with Crippen LogP contribution in [0.25, 0.3) is 0 Å². The van der Waals surface area contributed by atoms with Crippen molar-refractivity contribution in [3.05, 3.63) is 26.7 Å². The SMILES string of the molecule is CC(C)(N)CCC(=O)Nc1c(Cl)cc(Br)cc1Cl. The van der Waals surface area contributed by atoms with Gasteiger partial charge in [-0.2, -0.15) is 0 Å². The van der Waals surface area contributed by atoms with E-state index in [2.05, 4.69) is 21.2 Å². The average molecular weight is 354 g/mol. The Hall–Kier alpha value is -0.290. The van der Waals surface area contributed by atoms with Gasteiger partial charge >= 0.3 is 0 Å². The summed E-state index contributed by atoms with van der Waals surface area (Å²) in [6.07, 6.45) is 0.914. The molecule has 1 rings (SSSR count). The van der Waals surface area contributed by atoms with Gasteiger partial charge in [0.1, 0.15) is 0 Å². The number of amides is 1. The molecule has 0 atom stereocenters. The molecule has 1 amide bonds. The minimum absolute atomic E-state index is 0.153. The minimum atomic E-state index is -0.370. The molecule has 0 bridgehead atoms. The number of rotatable bonds is 4. The standard InChI is InChI=1S/C12H15BrCl2N2O/c1-12(2,16)4-3-10(18)17-11-8(14)5-7(13)6-9(11)15/h5-6H,3-4,16H2,1-2H3,(H,17,18). The van der Waals surface area contributed by atoms with Crippen molar-refractivity contribution in [3.63, 3.8) is 0 Å². The van der Waals surface area contributed by atoms with Gasteiger partial charge in [-0.05, 0) is 32.4 Å². The van der Waals surface area contributed by atoms with Crippen molar-refractivity contribution in [2.45, 2.75) is 32.2 Å². The van der Waals surface area contributed by atoms with Crippen LogP contribution in [0.2, 0.25) is 10.0 Å². The number of carbonyl (C=O) groups is 1. The van der Waals surface area contributed by atoms with E-state index in [1.165, 1.54) is 0 Å². The number of anilines is 1. The number of nitrogens with two attached hydrogens (primary N) is 1. The maximum atomic E-state index is 11.8. The highest BCUT2D eigenvalue weighted by atomic mass is 79.9.